The van der Waals surface area contributed by atoms with E-state index in [0.717, 1.165) is 5.56 Å². The molecule has 1 aliphatic rings. The van der Waals surface area contributed by atoms with E-state index < -0.39 is 17.4 Å². The SMILES string of the molecule is CCOC(=O)C1=C(C(=O)OCC)C(C)(C)C(=O)N1Cc1ccccc1. The molecule has 1 aromatic carbocycles. The summed E-state index contributed by atoms with van der Waals surface area (Å²) in [7, 11) is 0. The lowest BCUT2D eigenvalue weighted by Crippen LogP contribution is -2.35. The Balaban J connectivity index is 2.54. The van der Waals surface area contributed by atoms with E-state index >= 15 is 0 Å². The first kappa shape index (κ1) is 18.7. The van der Waals surface area contributed by atoms with Crippen LogP contribution in [0.5, 0.6) is 0 Å². The van der Waals surface area contributed by atoms with Crippen LogP contribution in [-0.4, -0.2) is 36.0 Å². The lowest BCUT2D eigenvalue weighted by Gasteiger charge is -2.22. The number of carbonyl (C=O) groups excluding carboxylic acids is 3. The average molecular weight is 345 g/mol. The summed E-state index contributed by atoms with van der Waals surface area (Å²) in [6.07, 6.45) is 0. The van der Waals surface area contributed by atoms with Gasteiger partial charge >= 0.3 is 11.9 Å². The van der Waals surface area contributed by atoms with Gasteiger partial charge < -0.3 is 14.4 Å². The van der Waals surface area contributed by atoms with Crippen LogP contribution in [0.1, 0.15) is 33.3 Å². The molecule has 0 aliphatic carbocycles. The number of hydrogen-bond donors (Lipinski definition) is 0. The molecular formula is C19H23NO5. The number of hydrogen-bond acceptors (Lipinski definition) is 5. The summed E-state index contributed by atoms with van der Waals surface area (Å²) < 4.78 is 10.2. The van der Waals surface area contributed by atoms with Crippen molar-refractivity contribution >= 4 is 17.8 Å². The largest absolute Gasteiger partial charge is 0.463 e. The zero-order valence-corrected chi connectivity index (χ0v) is 15.0. The summed E-state index contributed by atoms with van der Waals surface area (Å²) in [4.78, 5) is 39.2. The Labute approximate surface area is 147 Å². The molecule has 6 heteroatoms. The van der Waals surface area contributed by atoms with Gasteiger partial charge in [-0.2, -0.15) is 0 Å². The summed E-state index contributed by atoms with van der Waals surface area (Å²) in [5, 5.41) is 0. The topological polar surface area (TPSA) is 72.9 Å². The van der Waals surface area contributed by atoms with Gasteiger partial charge in [-0.1, -0.05) is 30.3 Å². The van der Waals surface area contributed by atoms with E-state index in [0.29, 0.717) is 0 Å². The fourth-order valence-electron chi connectivity index (χ4n) is 2.86. The third kappa shape index (κ3) is 3.57. The smallest absolute Gasteiger partial charge is 0.355 e. The van der Waals surface area contributed by atoms with Crippen molar-refractivity contribution in [1.82, 2.24) is 4.90 Å². The van der Waals surface area contributed by atoms with Crippen molar-refractivity contribution in [2.45, 2.75) is 34.2 Å². The first-order chi connectivity index (χ1) is 11.8. The molecule has 134 valence electrons. The van der Waals surface area contributed by atoms with E-state index in [1.165, 1.54) is 4.90 Å². The van der Waals surface area contributed by atoms with Crippen LogP contribution in [0, 0.1) is 5.41 Å². The summed E-state index contributed by atoms with van der Waals surface area (Å²) in [6, 6.07) is 9.27. The van der Waals surface area contributed by atoms with Crippen molar-refractivity contribution in [3.8, 4) is 0 Å². The lowest BCUT2D eigenvalue weighted by molar-refractivity contribution is -0.144. The van der Waals surface area contributed by atoms with Gasteiger partial charge in [0.2, 0.25) is 5.91 Å². The molecule has 1 heterocycles. The molecule has 0 aromatic heterocycles. The first-order valence-electron chi connectivity index (χ1n) is 8.29. The molecule has 6 nitrogen and oxygen atoms in total. The highest BCUT2D eigenvalue weighted by Gasteiger charge is 2.52. The summed E-state index contributed by atoms with van der Waals surface area (Å²) in [5.74, 6) is -1.69. The van der Waals surface area contributed by atoms with Crippen molar-refractivity contribution in [3.05, 3.63) is 47.2 Å². The third-order valence-corrected chi connectivity index (χ3v) is 4.04. The van der Waals surface area contributed by atoms with Crippen molar-refractivity contribution < 1.29 is 23.9 Å². The Bertz CT molecular complexity index is 706. The maximum atomic E-state index is 12.9. The van der Waals surface area contributed by atoms with E-state index in [1.54, 1.807) is 27.7 Å². The van der Waals surface area contributed by atoms with E-state index in [2.05, 4.69) is 0 Å². The minimum absolute atomic E-state index is 0.0286. The van der Waals surface area contributed by atoms with Gasteiger partial charge in [-0.05, 0) is 33.3 Å². The molecule has 1 amide bonds. The molecule has 0 radical (unpaired) electrons. The van der Waals surface area contributed by atoms with Crippen molar-refractivity contribution in [2.24, 2.45) is 5.41 Å². The Hall–Kier alpha value is -2.63. The number of nitrogens with zero attached hydrogens (tertiary/aromatic N) is 1. The molecular weight excluding hydrogens is 322 g/mol. The highest BCUT2D eigenvalue weighted by molar-refractivity contribution is 6.12. The van der Waals surface area contributed by atoms with Crippen LogP contribution in [0.4, 0.5) is 0 Å². The molecule has 0 bridgehead atoms. The predicted molar refractivity (Wildman–Crippen MR) is 91.1 cm³/mol. The van der Waals surface area contributed by atoms with Crippen LogP contribution in [-0.2, 0) is 30.4 Å². The number of ether oxygens (including phenoxy) is 2. The monoisotopic (exact) mass is 345 g/mol. The number of carbonyl (C=O) groups is 3. The standard InChI is InChI=1S/C19H23NO5/c1-5-24-16(21)14-15(17(22)25-6-2)20(18(23)19(14,3)4)12-13-10-8-7-9-11-13/h7-11H,5-6,12H2,1-4H3. The van der Waals surface area contributed by atoms with Crippen LogP contribution in [0.2, 0.25) is 0 Å². The second kappa shape index (κ2) is 7.51. The van der Waals surface area contributed by atoms with E-state index in [9.17, 15) is 14.4 Å². The van der Waals surface area contributed by atoms with Crippen molar-refractivity contribution in [3.63, 3.8) is 0 Å². The van der Waals surface area contributed by atoms with Gasteiger partial charge in [0.05, 0.1) is 30.7 Å². The van der Waals surface area contributed by atoms with Gasteiger partial charge in [0, 0.05) is 0 Å². The molecule has 0 saturated heterocycles. The highest BCUT2D eigenvalue weighted by Crippen LogP contribution is 2.41. The molecule has 0 fully saturated rings. The van der Waals surface area contributed by atoms with Crippen molar-refractivity contribution in [2.75, 3.05) is 13.2 Å². The molecule has 0 atom stereocenters. The van der Waals surface area contributed by atoms with Crippen LogP contribution in [0.15, 0.2) is 41.6 Å². The van der Waals surface area contributed by atoms with E-state index in [1.807, 2.05) is 30.3 Å². The summed E-state index contributed by atoms with van der Waals surface area (Å²) in [5.41, 5.74) is -0.296. The van der Waals surface area contributed by atoms with Gasteiger partial charge in [-0.3, -0.25) is 4.79 Å². The number of rotatable bonds is 6. The number of amides is 1. The second-order valence-corrected chi connectivity index (χ2v) is 6.17. The average Bonchev–Trinajstić information content (AvgIpc) is 2.77. The van der Waals surface area contributed by atoms with Crippen LogP contribution in [0.3, 0.4) is 0 Å². The minimum Gasteiger partial charge on any atom is -0.463 e. The van der Waals surface area contributed by atoms with Crippen LogP contribution >= 0.6 is 0 Å². The van der Waals surface area contributed by atoms with E-state index in [4.69, 9.17) is 9.47 Å². The highest BCUT2D eigenvalue weighted by atomic mass is 16.5. The van der Waals surface area contributed by atoms with Gasteiger partial charge in [0.1, 0.15) is 5.70 Å². The van der Waals surface area contributed by atoms with Gasteiger partial charge in [-0.15, -0.1) is 0 Å². The van der Waals surface area contributed by atoms with Crippen LogP contribution in [0.25, 0.3) is 0 Å². The fourth-order valence-corrected chi connectivity index (χ4v) is 2.86. The Morgan fingerprint density at radius 1 is 1.00 bits per heavy atom. The zero-order chi connectivity index (χ0) is 18.6. The van der Waals surface area contributed by atoms with Crippen molar-refractivity contribution in [1.29, 1.82) is 0 Å². The third-order valence-electron chi connectivity index (χ3n) is 4.04. The predicted octanol–water partition coefficient (Wildman–Crippen LogP) is 2.44. The normalized spacial score (nSPS) is 16.2. The minimum atomic E-state index is -1.16. The molecule has 25 heavy (non-hydrogen) atoms. The Kier molecular flexibility index (Phi) is 5.62. The maximum Gasteiger partial charge on any atom is 0.355 e. The molecule has 2 rings (SSSR count). The Morgan fingerprint density at radius 3 is 2.12 bits per heavy atom. The molecule has 1 aromatic rings. The Morgan fingerprint density at radius 2 is 1.56 bits per heavy atom. The number of benzene rings is 1. The molecule has 0 unspecified atom stereocenters. The molecule has 0 saturated carbocycles. The second-order valence-electron chi connectivity index (χ2n) is 6.17. The van der Waals surface area contributed by atoms with Gasteiger partial charge in [-0.25, -0.2) is 9.59 Å². The quantitative estimate of drug-likeness (QED) is 0.741. The molecule has 0 spiro atoms. The maximum absolute atomic E-state index is 12.9. The molecule has 0 N–H and O–H groups in total. The molecule has 1 aliphatic heterocycles. The first-order valence-corrected chi connectivity index (χ1v) is 8.29. The number of esters is 2. The summed E-state index contributed by atoms with van der Waals surface area (Å²) >= 11 is 0. The van der Waals surface area contributed by atoms with Crippen LogP contribution < -0.4 is 0 Å². The van der Waals surface area contributed by atoms with Gasteiger partial charge in [0.25, 0.3) is 0 Å². The lowest BCUT2D eigenvalue weighted by atomic mass is 9.85. The summed E-state index contributed by atoms with van der Waals surface area (Å²) in [6.45, 7) is 7.06. The fraction of sp³-hybridized carbons (Fsp3) is 0.421. The van der Waals surface area contributed by atoms with Gasteiger partial charge in [0.15, 0.2) is 0 Å². The van der Waals surface area contributed by atoms with E-state index in [-0.39, 0.29) is 36.9 Å². The zero-order valence-electron chi connectivity index (χ0n) is 15.0.